The highest BCUT2D eigenvalue weighted by Gasteiger charge is 2.22. The number of carbonyl (C=O) groups excluding carboxylic acids is 1. The fraction of sp³-hybridized carbons (Fsp3) is 0.105. The van der Waals surface area contributed by atoms with Crippen LogP contribution < -0.4 is 5.32 Å². The van der Waals surface area contributed by atoms with E-state index in [-0.39, 0.29) is 11.2 Å². The van der Waals surface area contributed by atoms with Gasteiger partial charge in [0.1, 0.15) is 11.4 Å². The average Bonchev–Trinajstić information content (AvgIpc) is 3.43. The Morgan fingerprint density at radius 3 is 2.59 bits per heavy atom. The van der Waals surface area contributed by atoms with Gasteiger partial charge in [0, 0.05) is 6.20 Å². The number of amides is 1. The van der Waals surface area contributed by atoms with Gasteiger partial charge in [-0.25, -0.2) is 4.98 Å². The third-order valence-corrected chi connectivity index (χ3v) is 4.78. The molecule has 4 rings (SSSR count). The minimum absolute atomic E-state index is 0.136. The Labute approximate surface area is 159 Å². The zero-order chi connectivity index (χ0) is 18.6. The van der Waals surface area contributed by atoms with Crippen LogP contribution in [0.1, 0.15) is 6.92 Å². The van der Waals surface area contributed by atoms with Gasteiger partial charge < -0.3 is 19.1 Å². The van der Waals surface area contributed by atoms with E-state index in [4.69, 9.17) is 8.83 Å². The summed E-state index contributed by atoms with van der Waals surface area (Å²) in [5, 5.41) is 3.07. The Kier molecular flexibility index (Phi) is 4.80. The maximum atomic E-state index is 12.4. The molecule has 1 amide bonds. The Hall–Kier alpha value is -3.26. The van der Waals surface area contributed by atoms with Gasteiger partial charge in [0.2, 0.25) is 5.91 Å². The molecule has 0 aliphatic rings. The lowest BCUT2D eigenvalue weighted by atomic mass is 10.2. The van der Waals surface area contributed by atoms with Crippen molar-refractivity contribution in [1.82, 2.24) is 15.0 Å². The molecule has 1 unspecified atom stereocenters. The number of carbonyl (C=O) groups is 1. The van der Waals surface area contributed by atoms with Crippen molar-refractivity contribution in [2.45, 2.75) is 17.3 Å². The Morgan fingerprint density at radius 1 is 1.15 bits per heavy atom. The van der Waals surface area contributed by atoms with Crippen LogP contribution in [-0.2, 0) is 4.79 Å². The van der Waals surface area contributed by atoms with E-state index in [0.717, 1.165) is 0 Å². The van der Waals surface area contributed by atoms with Crippen LogP contribution in [0.4, 0.5) is 5.69 Å². The van der Waals surface area contributed by atoms with Crippen molar-refractivity contribution in [3.8, 4) is 22.9 Å². The molecule has 0 aliphatic carbocycles. The molecule has 0 bridgehead atoms. The predicted molar refractivity (Wildman–Crippen MR) is 102 cm³/mol. The second kappa shape index (κ2) is 7.55. The van der Waals surface area contributed by atoms with Crippen LogP contribution in [0.2, 0.25) is 0 Å². The fourth-order valence-corrected chi connectivity index (χ4v) is 3.31. The number of rotatable bonds is 6. The van der Waals surface area contributed by atoms with Crippen molar-refractivity contribution in [3.63, 3.8) is 0 Å². The highest BCUT2D eigenvalue weighted by Crippen LogP contribution is 2.34. The Balaban J connectivity index is 1.55. The zero-order valence-corrected chi connectivity index (χ0v) is 15.2. The van der Waals surface area contributed by atoms with Crippen LogP contribution in [0.15, 0.2) is 75.3 Å². The van der Waals surface area contributed by atoms with Crippen molar-refractivity contribution in [2.75, 3.05) is 5.32 Å². The molecule has 0 aromatic carbocycles. The van der Waals surface area contributed by atoms with E-state index in [1.54, 1.807) is 49.2 Å². The average molecular weight is 380 g/mol. The number of hydrogen-bond acceptors (Lipinski definition) is 6. The van der Waals surface area contributed by atoms with Crippen LogP contribution in [0.5, 0.6) is 0 Å². The first kappa shape index (κ1) is 17.2. The predicted octanol–water partition coefficient (Wildman–Crippen LogP) is 4.44. The Bertz CT molecular complexity index is 959. The normalized spacial score (nSPS) is 12.0. The van der Waals surface area contributed by atoms with Gasteiger partial charge in [-0.15, -0.1) is 0 Å². The third kappa shape index (κ3) is 3.80. The molecule has 27 heavy (non-hydrogen) atoms. The van der Waals surface area contributed by atoms with Crippen molar-refractivity contribution in [2.24, 2.45) is 0 Å². The molecule has 4 aromatic heterocycles. The summed E-state index contributed by atoms with van der Waals surface area (Å²) in [6, 6.07) is 10.8. The molecular formula is C19H16N4O3S. The van der Waals surface area contributed by atoms with Gasteiger partial charge in [0.25, 0.3) is 0 Å². The van der Waals surface area contributed by atoms with Gasteiger partial charge >= 0.3 is 0 Å². The fourth-order valence-electron chi connectivity index (χ4n) is 2.50. The lowest BCUT2D eigenvalue weighted by molar-refractivity contribution is -0.115. The van der Waals surface area contributed by atoms with E-state index in [2.05, 4.69) is 20.3 Å². The first-order chi connectivity index (χ1) is 13.2. The van der Waals surface area contributed by atoms with E-state index in [1.807, 2.05) is 19.1 Å². The number of thioether (sulfide) groups is 1. The van der Waals surface area contributed by atoms with Crippen molar-refractivity contribution in [1.29, 1.82) is 0 Å². The van der Waals surface area contributed by atoms with Gasteiger partial charge in [-0.05, 0) is 43.3 Å². The van der Waals surface area contributed by atoms with Crippen molar-refractivity contribution in [3.05, 3.63) is 61.3 Å². The van der Waals surface area contributed by atoms with Gasteiger partial charge in [0.15, 0.2) is 16.7 Å². The van der Waals surface area contributed by atoms with E-state index in [1.165, 1.54) is 11.8 Å². The molecule has 2 N–H and O–H groups in total. The summed E-state index contributed by atoms with van der Waals surface area (Å²) >= 11 is 1.32. The highest BCUT2D eigenvalue weighted by molar-refractivity contribution is 8.00. The van der Waals surface area contributed by atoms with E-state index >= 15 is 0 Å². The molecule has 0 saturated carbocycles. The molecule has 4 heterocycles. The number of anilines is 1. The zero-order valence-electron chi connectivity index (χ0n) is 14.4. The summed E-state index contributed by atoms with van der Waals surface area (Å²) in [4.78, 5) is 24.2. The number of hydrogen-bond donors (Lipinski definition) is 2. The highest BCUT2D eigenvalue weighted by atomic mass is 32.2. The van der Waals surface area contributed by atoms with Gasteiger partial charge in [-0.2, -0.15) is 0 Å². The lowest BCUT2D eigenvalue weighted by Gasteiger charge is -2.10. The monoisotopic (exact) mass is 380 g/mol. The quantitative estimate of drug-likeness (QED) is 0.480. The maximum absolute atomic E-state index is 12.4. The third-order valence-electron chi connectivity index (χ3n) is 3.79. The first-order valence-electron chi connectivity index (χ1n) is 8.26. The number of aromatic nitrogens is 3. The largest absolute Gasteiger partial charge is 0.463 e. The van der Waals surface area contributed by atoms with Crippen LogP contribution in [0, 0.1) is 0 Å². The topological polar surface area (TPSA) is 97.0 Å². The van der Waals surface area contributed by atoms with Crippen LogP contribution >= 0.6 is 11.8 Å². The summed E-state index contributed by atoms with van der Waals surface area (Å²) in [5.74, 6) is 1.13. The molecule has 0 saturated heterocycles. The second-order valence-corrected chi connectivity index (χ2v) is 7.04. The molecule has 136 valence electrons. The van der Waals surface area contributed by atoms with Crippen molar-refractivity contribution < 1.29 is 13.6 Å². The van der Waals surface area contributed by atoms with E-state index in [0.29, 0.717) is 33.8 Å². The minimum atomic E-state index is -0.370. The van der Waals surface area contributed by atoms with Gasteiger partial charge in [0.05, 0.1) is 29.7 Å². The standard InChI is InChI=1S/C19H16N4O3S/c1-12(18(24)21-13-5-2-8-20-11-13)27-19-22-16(14-6-3-9-25-14)17(23-19)15-7-4-10-26-15/h2-12H,1H3,(H,21,24)(H,22,23). The second-order valence-electron chi connectivity index (χ2n) is 5.71. The molecule has 8 heteroatoms. The molecule has 4 aromatic rings. The molecular weight excluding hydrogens is 364 g/mol. The number of aromatic amines is 1. The SMILES string of the molecule is CC(Sc1nc(-c2ccco2)c(-c2ccco2)[nH]1)C(=O)Nc1cccnc1. The van der Waals surface area contributed by atoms with Crippen LogP contribution in [0.3, 0.4) is 0 Å². The van der Waals surface area contributed by atoms with Crippen LogP contribution in [-0.4, -0.2) is 26.1 Å². The first-order valence-corrected chi connectivity index (χ1v) is 9.14. The molecule has 7 nitrogen and oxygen atoms in total. The molecule has 1 atom stereocenters. The number of furan rings is 2. The number of imidazole rings is 1. The summed E-state index contributed by atoms with van der Waals surface area (Å²) in [6.07, 6.45) is 6.45. The summed E-state index contributed by atoms with van der Waals surface area (Å²) < 4.78 is 11.0. The smallest absolute Gasteiger partial charge is 0.237 e. The summed E-state index contributed by atoms with van der Waals surface area (Å²) in [7, 11) is 0. The summed E-state index contributed by atoms with van der Waals surface area (Å²) in [6.45, 7) is 1.82. The number of H-pyrrole nitrogens is 1. The Morgan fingerprint density at radius 2 is 1.93 bits per heavy atom. The van der Waals surface area contributed by atoms with E-state index < -0.39 is 0 Å². The summed E-state index contributed by atoms with van der Waals surface area (Å²) in [5.41, 5.74) is 2.00. The molecule has 0 radical (unpaired) electrons. The number of nitrogens with one attached hydrogen (secondary N) is 2. The molecule has 0 spiro atoms. The van der Waals surface area contributed by atoms with Gasteiger partial charge in [-0.1, -0.05) is 11.8 Å². The van der Waals surface area contributed by atoms with E-state index in [9.17, 15) is 4.79 Å². The van der Waals surface area contributed by atoms with Gasteiger partial charge in [-0.3, -0.25) is 9.78 Å². The minimum Gasteiger partial charge on any atom is -0.463 e. The lowest BCUT2D eigenvalue weighted by Crippen LogP contribution is -2.22. The molecule has 0 fully saturated rings. The van der Waals surface area contributed by atoms with Crippen LogP contribution in [0.25, 0.3) is 22.9 Å². The number of nitrogens with zero attached hydrogens (tertiary/aromatic N) is 2. The number of pyridine rings is 1. The maximum Gasteiger partial charge on any atom is 0.237 e. The van der Waals surface area contributed by atoms with Crippen molar-refractivity contribution >= 4 is 23.4 Å². The molecule has 0 aliphatic heterocycles.